The summed E-state index contributed by atoms with van der Waals surface area (Å²) in [7, 11) is 1.36. The zero-order valence-electron chi connectivity index (χ0n) is 14.2. The molecule has 1 heterocycles. The van der Waals surface area contributed by atoms with Gasteiger partial charge in [0.2, 0.25) is 0 Å². The lowest BCUT2D eigenvalue weighted by Gasteiger charge is -2.36. The molecule has 3 rings (SSSR count). The second-order valence-electron chi connectivity index (χ2n) is 5.95. The van der Waals surface area contributed by atoms with Gasteiger partial charge in [-0.3, -0.25) is 4.79 Å². The van der Waals surface area contributed by atoms with Crippen molar-refractivity contribution in [3.05, 3.63) is 63.6 Å². The minimum Gasteiger partial charge on any atom is -0.465 e. The molecule has 0 radical (unpaired) electrons. The van der Waals surface area contributed by atoms with E-state index in [1.807, 2.05) is 18.2 Å². The number of carbonyl (C=O) groups is 2. The number of methoxy groups -OCH3 is 1. The molecule has 0 N–H and O–H groups in total. The zero-order valence-corrected chi connectivity index (χ0v) is 15.8. The molecule has 136 valence electrons. The van der Waals surface area contributed by atoms with E-state index in [4.69, 9.17) is 27.9 Å². The molecule has 5 nitrogen and oxygen atoms in total. The third-order valence-electron chi connectivity index (χ3n) is 4.37. The number of rotatable bonds is 3. The molecule has 1 aliphatic rings. The van der Waals surface area contributed by atoms with Gasteiger partial charge in [-0.15, -0.1) is 0 Å². The molecule has 7 heteroatoms. The third-order valence-corrected chi connectivity index (χ3v) is 5.10. The van der Waals surface area contributed by atoms with Crippen molar-refractivity contribution in [1.82, 2.24) is 4.90 Å². The predicted octanol–water partition coefficient (Wildman–Crippen LogP) is 3.74. The quantitative estimate of drug-likeness (QED) is 0.746. The fraction of sp³-hybridized carbons (Fsp3) is 0.263. The number of halogens is 2. The molecule has 0 unspecified atom stereocenters. The number of nitrogens with zero attached hydrogens (tertiary/aromatic N) is 2. The van der Waals surface area contributed by atoms with Gasteiger partial charge in [0.1, 0.15) is 0 Å². The lowest BCUT2D eigenvalue weighted by atomic mass is 10.1. The zero-order chi connectivity index (χ0) is 18.7. The molecular weight excluding hydrogens is 375 g/mol. The molecule has 0 bridgehead atoms. The first-order valence-corrected chi connectivity index (χ1v) is 8.93. The molecule has 26 heavy (non-hydrogen) atoms. The summed E-state index contributed by atoms with van der Waals surface area (Å²) in [5.74, 6) is -0.424. The minimum absolute atomic E-state index is 0.0634. The van der Waals surface area contributed by atoms with Crippen molar-refractivity contribution in [2.24, 2.45) is 0 Å². The number of esters is 1. The van der Waals surface area contributed by atoms with Crippen LogP contribution in [0.3, 0.4) is 0 Å². The molecule has 1 aliphatic heterocycles. The fourth-order valence-corrected chi connectivity index (χ4v) is 3.22. The highest BCUT2D eigenvalue weighted by Gasteiger charge is 2.23. The first-order chi connectivity index (χ1) is 12.5. The Bertz CT molecular complexity index is 833. The van der Waals surface area contributed by atoms with Crippen LogP contribution < -0.4 is 4.90 Å². The molecule has 0 saturated carbocycles. The predicted molar refractivity (Wildman–Crippen MR) is 102 cm³/mol. The van der Waals surface area contributed by atoms with Crippen molar-refractivity contribution in [3.63, 3.8) is 0 Å². The van der Waals surface area contributed by atoms with Crippen LogP contribution in [0.25, 0.3) is 0 Å². The van der Waals surface area contributed by atoms with E-state index in [1.54, 1.807) is 29.2 Å². The summed E-state index contributed by atoms with van der Waals surface area (Å²) in [6, 6.07) is 12.2. The fourth-order valence-electron chi connectivity index (χ4n) is 2.93. The molecule has 0 atom stereocenters. The SMILES string of the molecule is COC(=O)c1cccc(N2CCN(C(=O)c3ccc(Cl)c(Cl)c3)CC2)c1. The van der Waals surface area contributed by atoms with E-state index in [0.717, 1.165) is 5.69 Å². The summed E-state index contributed by atoms with van der Waals surface area (Å²) in [6.07, 6.45) is 0. The van der Waals surface area contributed by atoms with Crippen molar-refractivity contribution in [2.45, 2.75) is 0 Å². The van der Waals surface area contributed by atoms with E-state index >= 15 is 0 Å². The van der Waals surface area contributed by atoms with E-state index < -0.39 is 0 Å². The number of ether oxygens (including phenoxy) is 1. The highest BCUT2D eigenvalue weighted by atomic mass is 35.5. The monoisotopic (exact) mass is 392 g/mol. The maximum absolute atomic E-state index is 12.6. The minimum atomic E-state index is -0.361. The van der Waals surface area contributed by atoms with Crippen molar-refractivity contribution in [1.29, 1.82) is 0 Å². The number of benzene rings is 2. The van der Waals surface area contributed by atoms with Gasteiger partial charge in [0.25, 0.3) is 5.91 Å². The highest BCUT2D eigenvalue weighted by molar-refractivity contribution is 6.42. The molecule has 1 saturated heterocycles. The van der Waals surface area contributed by atoms with Gasteiger partial charge in [-0.25, -0.2) is 4.79 Å². The Morgan fingerprint density at radius 2 is 1.65 bits per heavy atom. The lowest BCUT2D eigenvalue weighted by molar-refractivity contribution is 0.0600. The Morgan fingerprint density at radius 3 is 2.31 bits per heavy atom. The number of amides is 1. The van der Waals surface area contributed by atoms with Crippen LogP contribution in [0.1, 0.15) is 20.7 Å². The smallest absolute Gasteiger partial charge is 0.337 e. The summed E-state index contributed by atoms with van der Waals surface area (Å²) in [4.78, 5) is 28.3. The van der Waals surface area contributed by atoms with Crippen LogP contribution in [0.4, 0.5) is 5.69 Å². The van der Waals surface area contributed by atoms with Crippen molar-refractivity contribution in [2.75, 3.05) is 38.2 Å². The van der Waals surface area contributed by atoms with Crippen LogP contribution in [0, 0.1) is 0 Å². The lowest BCUT2D eigenvalue weighted by Crippen LogP contribution is -2.48. The van der Waals surface area contributed by atoms with Gasteiger partial charge in [0.05, 0.1) is 22.7 Å². The summed E-state index contributed by atoms with van der Waals surface area (Å²) in [5, 5.41) is 0.800. The van der Waals surface area contributed by atoms with Gasteiger partial charge in [-0.05, 0) is 36.4 Å². The van der Waals surface area contributed by atoms with E-state index in [2.05, 4.69) is 4.90 Å². The Balaban J connectivity index is 1.66. The number of anilines is 1. The Morgan fingerprint density at radius 1 is 0.923 bits per heavy atom. The van der Waals surface area contributed by atoms with Crippen molar-refractivity contribution in [3.8, 4) is 0 Å². The third kappa shape index (κ3) is 3.94. The van der Waals surface area contributed by atoms with Gasteiger partial charge in [0.15, 0.2) is 0 Å². The van der Waals surface area contributed by atoms with Crippen molar-refractivity contribution < 1.29 is 14.3 Å². The normalized spacial score (nSPS) is 14.3. The van der Waals surface area contributed by atoms with E-state index in [1.165, 1.54) is 7.11 Å². The van der Waals surface area contributed by atoms with Crippen molar-refractivity contribution >= 4 is 40.8 Å². The Hall–Kier alpha value is -2.24. The molecule has 0 spiro atoms. The first-order valence-electron chi connectivity index (χ1n) is 8.17. The average Bonchev–Trinajstić information content (AvgIpc) is 2.69. The van der Waals surface area contributed by atoms with Crippen LogP contribution in [-0.2, 0) is 4.74 Å². The van der Waals surface area contributed by atoms with Crippen LogP contribution >= 0.6 is 23.2 Å². The number of piperazine rings is 1. The summed E-state index contributed by atoms with van der Waals surface area (Å²) in [6.45, 7) is 2.53. The second-order valence-corrected chi connectivity index (χ2v) is 6.76. The number of carbonyl (C=O) groups excluding carboxylic acids is 2. The van der Waals surface area contributed by atoms with Crippen LogP contribution in [-0.4, -0.2) is 50.1 Å². The maximum Gasteiger partial charge on any atom is 0.337 e. The second kappa shape index (κ2) is 7.98. The van der Waals surface area contributed by atoms with Gasteiger partial charge < -0.3 is 14.5 Å². The van der Waals surface area contributed by atoms with Gasteiger partial charge >= 0.3 is 5.97 Å². The Kier molecular flexibility index (Phi) is 5.69. The van der Waals surface area contributed by atoms with Gasteiger partial charge in [-0.2, -0.15) is 0 Å². The van der Waals surface area contributed by atoms with E-state index in [-0.39, 0.29) is 11.9 Å². The number of hydrogen-bond acceptors (Lipinski definition) is 4. The van der Waals surface area contributed by atoms with Gasteiger partial charge in [-0.1, -0.05) is 29.3 Å². The Labute approximate surface area is 162 Å². The van der Waals surface area contributed by atoms with Gasteiger partial charge in [0, 0.05) is 37.4 Å². The standard InChI is InChI=1S/C19H18Cl2N2O3/c1-26-19(25)14-3-2-4-15(11-14)22-7-9-23(10-8-22)18(24)13-5-6-16(20)17(21)12-13/h2-6,11-12H,7-10H2,1H3. The molecule has 0 aromatic heterocycles. The summed E-state index contributed by atoms with van der Waals surface area (Å²) in [5.41, 5.74) is 1.98. The van der Waals surface area contributed by atoms with Crippen LogP contribution in [0.2, 0.25) is 10.0 Å². The topological polar surface area (TPSA) is 49.9 Å². The molecular formula is C19H18Cl2N2O3. The molecule has 2 aromatic rings. The number of hydrogen-bond donors (Lipinski definition) is 0. The van der Waals surface area contributed by atoms with E-state index in [0.29, 0.717) is 47.4 Å². The summed E-state index contributed by atoms with van der Waals surface area (Å²) >= 11 is 11.9. The molecule has 2 aromatic carbocycles. The molecule has 1 fully saturated rings. The molecule has 1 amide bonds. The van der Waals surface area contributed by atoms with E-state index in [9.17, 15) is 9.59 Å². The summed E-state index contributed by atoms with van der Waals surface area (Å²) < 4.78 is 4.76. The van der Waals surface area contributed by atoms with Crippen LogP contribution in [0.5, 0.6) is 0 Å². The first kappa shape index (κ1) is 18.5. The average molecular weight is 393 g/mol. The van der Waals surface area contributed by atoms with Crippen LogP contribution in [0.15, 0.2) is 42.5 Å². The largest absolute Gasteiger partial charge is 0.465 e. The molecule has 0 aliphatic carbocycles. The maximum atomic E-state index is 12.6. The highest BCUT2D eigenvalue weighted by Crippen LogP contribution is 2.24.